The Labute approximate surface area is 79.3 Å². The highest BCUT2D eigenvalue weighted by atomic mass is 32.2. The highest BCUT2D eigenvalue weighted by molar-refractivity contribution is 7.73. The number of amides is 1. The van der Waals surface area contributed by atoms with Crippen LogP contribution in [0.3, 0.4) is 0 Å². The van der Waals surface area contributed by atoms with Gasteiger partial charge < -0.3 is 4.90 Å². The predicted octanol–water partition coefficient (Wildman–Crippen LogP) is -1.28. The summed E-state index contributed by atoms with van der Waals surface area (Å²) in [5.41, 5.74) is 0. The van der Waals surface area contributed by atoms with Crippen LogP contribution in [0.1, 0.15) is 6.92 Å². The molecule has 1 rings (SSSR count). The van der Waals surface area contributed by atoms with Crippen LogP contribution in [0.15, 0.2) is 0 Å². The van der Waals surface area contributed by atoms with Gasteiger partial charge in [-0.15, -0.1) is 0 Å². The molecule has 1 aliphatic rings. The lowest BCUT2D eigenvalue weighted by molar-refractivity contribution is -0.119. The van der Waals surface area contributed by atoms with Crippen molar-refractivity contribution in [2.24, 2.45) is 0 Å². The van der Waals surface area contributed by atoms with E-state index in [1.165, 1.54) is 0 Å². The van der Waals surface area contributed by atoms with Gasteiger partial charge in [0.15, 0.2) is 10.7 Å². The molecule has 1 atom stereocenters. The van der Waals surface area contributed by atoms with Crippen LogP contribution >= 0.6 is 0 Å². The summed E-state index contributed by atoms with van der Waals surface area (Å²) >= 11 is 0. The highest BCUT2D eigenvalue weighted by Gasteiger charge is 2.21. The molecule has 1 fully saturated rings. The summed E-state index contributed by atoms with van der Waals surface area (Å²) in [5, 5.41) is -0.413. The van der Waals surface area contributed by atoms with Crippen molar-refractivity contribution >= 4 is 17.1 Å². The summed E-state index contributed by atoms with van der Waals surface area (Å²) in [7, 11) is -2.38. The van der Waals surface area contributed by atoms with E-state index >= 15 is 0 Å². The van der Waals surface area contributed by atoms with Gasteiger partial charge in [-0.05, 0) is 6.92 Å². The maximum atomic E-state index is 10.7. The molecule has 6 heteroatoms. The van der Waals surface area contributed by atoms with Crippen molar-refractivity contribution in [3.05, 3.63) is 0 Å². The van der Waals surface area contributed by atoms with E-state index in [0.29, 0.717) is 26.2 Å². The summed E-state index contributed by atoms with van der Waals surface area (Å²) in [6.45, 7) is 4.20. The van der Waals surface area contributed by atoms with Gasteiger partial charge in [0.2, 0.25) is 6.41 Å². The summed E-state index contributed by atoms with van der Waals surface area (Å²) in [4.78, 5) is 13.9. The van der Waals surface area contributed by atoms with E-state index in [2.05, 4.69) is 0 Å². The molecule has 0 aromatic carbocycles. The first-order chi connectivity index (χ1) is 6.15. The molecule has 1 aliphatic heterocycles. The predicted molar refractivity (Wildman–Crippen MR) is 49.0 cm³/mol. The van der Waals surface area contributed by atoms with E-state index in [1.807, 2.05) is 4.90 Å². The van der Waals surface area contributed by atoms with E-state index in [9.17, 15) is 13.2 Å². The highest BCUT2D eigenvalue weighted by Crippen LogP contribution is 2.04. The quantitative estimate of drug-likeness (QED) is 0.461. The van der Waals surface area contributed by atoms with E-state index < -0.39 is 16.1 Å². The minimum atomic E-state index is -2.38. The van der Waals surface area contributed by atoms with Gasteiger partial charge in [0.1, 0.15) is 5.37 Å². The van der Waals surface area contributed by atoms with Crippen LogP contribution in [0.2, 0.25) is 0 Å². The topological polar surface area (TPSA) is 57.7 Å². The van der Waals surface area contributed by atoms with Crippen LogP contribution in [0, 0.1) is 0 Å². The van der Waals surface area contributed by atoms with Crippen LogP contribution in [0.25, 0.3) is 0 Å². The first-order valence-corrected chi connectivity index (χ1v) is 5.46. The normalized spacial score (nSPS) is 21.8. The second-order valence-electron chi connectivity index (χ2n) is 3.09. The first-order valence-electron chi connectivity index (χ1n) is 4.22. The van der Waals surface area contributed by atoms with Crippen molar-refractivity contribution in [3.63, 3.8) is 0 Å². The molecular formula is C7H14N2O3S. The maximum Gasteiger partial charge on any atom is 0.209 e. The zero-order valence-electron chi connectivity index (χ0n) is 7.55. The fourth-order valence-corrected chi connectivity index (χ4v) is 1.85. The van der Waals surface area contributed by atoms with Crippen molar-refractivity contribution in [2.45, 2.75) is 12.3 Å². The fraction of sp³-hybridized carbons (Fsp3) is 0.857. The molecule has 0 aromatic rings. The molecular weight excluding hydrogens is 192 g/mol. The van der Waals surface area contributed by atoms with E-state index in [0.717, 1.165) is 6.41 Å². The lowest BCUT2D eigenvalue weighted by Gasteiger charge is -2.34. The average Bonchev–Trinajstić information content (AvgIpc) is 2.17. The van der Waals surface area contributed by atoms with Crippen molar-refractivity contribution in [1.29, 1.82) is 0 Å². The minimum absolute atomic E-state index is 0.413. The molecule has 1 unspecified atom stereocenters. The zero-order valence-corrected chi connectivity index (χ0v) is 8.44. The molecule has 0 bridgehead atoms. The molecule has 0 N–H and O–H groups in total. The zero-order chi connectivity index (χ0) is 9.84. The Hall–Kier alpha value is -0.620. The molecule has 0 saturated carbocycles. The number of hydrogen-bond donors (Lipinski definition) is 1. The molecule has 0 radical (unpaired) electrons. The molecule has 0 spiro atoms. The summed E-state index contributed by atoms with van der Waals surface area (Å²) in [6, 6.07) is 0. The molecule has 76 valence electrons. The van der Waals surface area contributed by atoms with Gasteiger partial charge in [0, 0.05) is 26.2 Å². The minimum Gasteiger partial charge on any atom is -0.343 e. The molecule has 1 amide bonds. The van der Waals surface area contributed by atoms with Crippen molar-refractivity contribution in [3.8, 4) is 0 Å². The summed E-state index contributed by atoms with van der Waals surface area (Å²) in [6.07, 6.45) is 0.805. The Morgan fingerprint density at radius 2 is 1.77 bits per heavy atom. The van der Waals surface area contributed by atoms with Crippen LogP contribution in [-0.4, -0.2) is 56.2 Å². The molecule has 0 aliphatic carbocycles. The number of rotatable bonds is 3. The van der Waals surface area contributed by atoms with Gasteiger partial charge in [0.05, 0.1) is 0 Å². The van der Waals surface area contributed by atoms with Gasteiger partial charge in [-0.25, -0.2) is 8.42 Å². The first kappa shape index (κ1) is 10.5. The third-order valence-corrected chi connectivity index (χ3v) is 3.27. The summed E-state index contributed by atoms with van der Waals surface area (Å²) < 4.78 is 21.3. The number of carbonyl (C=O) groups excluding carboxylic acids is 1. The fourth-order valence-electron chi connectivity index (χ4n) is 1.35. The number of thiol groups is 1. The second-order valence-corrected chi connectivity index (χ2v) is 4.41. The van der Waals surface area contributed by atoms with Crippen LogP contribution in [0.5, 0.6) is 0 Å². The average molecular weight is 206 g/mol. The standard InChI is InChI=1S/C7H14N2O3S/c1-7(13(11)12)9-4-2-8(6-10)3-5-9/h6-7,13H,2-5H2,1H3. The number of hydrogen-bond acceptors (Lipinski definition) is 4. The lowest BCUT2D eigenvalue weighted by Crippen LogP contribution is -2.49. The molecule has 5 nitrogen and oxygen atoms in total. The van der Waals surface area contributed by atoms with E-state index in [1.54, 1.807) is 11.8 Å². The molecule has 1 saturated heterocycles. The smallest absolute Gasteiger partial charge is 0.209 e. The number of carbonyl (C=O) groups is 1. The Morgan fingerprint density at radius 3 is 2.15 bits per heavy atom. The third kappa shape index (κ3) is 2.67. The Kier molecular flexibility index (Phi) is 3.68. The number of piperazine rings is 1. The van der Waals surface area contributed by atoms with E-state index in [-0.39, 0.29) is 0 Å². The van der Waals surface area contributed by atoms with Crippen molar-refractivity contribution in [2.75, 3.05) is 26.2 Å². The summed E-state index contributed by atoms with van der Waals surface area (Å²) in [5.74, 6) is 0. The Morgan fingerprint density at radius 1 is 1.23 bits per heavy atom. The van der Waals surface area contributed by atoms with Crippen LogP contribution in [-0.2, 0) is 15.5 Å². The van der Waals surface area contributed by atoms with Gasteiger partial charge in [-0.2, -0.15) is 0 Å². The Balaban J connectivity index is 2.44. The van der Waals surface area contributed by atoms with Crippen LogP contribution < -0.4 is 0 Å². The number of nitrogens with zero attached hydrogens (tertiary/aromatic N) is 2. The monoisotopic (exact) mass is 206 g/mol. The van der Waals surface area contributed by atoms with Crippen molar-refractivity contribution < 1.29 is 13.2 Å². The molecule has 13 heavy (non-hydrogen) atoms. The van der Waals surface area contributed by atoms with Gasteiger partial charge in [-0.3, -0.25) is 9.69 Å². The van der Waals surface area contributed by atoms with Gasteiger partial charge in [0.25, 0.3) is 0 Å². The third-order valence-electron chi connectivity index (χ3n) is 2.33. The largest absolute Gasteiger partial charge is 0.343 e. The SMILES string of the molecule is CC(N1CCN(C=O)CC1)[SH](=O)=O. The maximum absolute atomic E-state index is 10.7. The molecule has 0 aromatic heterocycles. The molecule has 1 heterocycles. The second kappa shape index (κ2) is 4.57. The lowest BCUT2D eigenvalue weighted by atomic mass is 10.3. The van der Waals surface area contributed by atoms with E-state index in [4.69, 9.17) is 0 Å². The van der Waals surface area contributed by atoms with Gasteiger partial charge >= 0.3 is 0 Å². The Bertz CT molecular complexity index is 238. The van der Waals surface area contributed by atoms with Gasteiger partial charge in [-0.1, -0.05) is 0 Å². The van der Waals surface area contributed by atoms with Crippen molar-refractivity contribution in [1.82, 2.24) is 9.80 Å². The van der Waals surface area contributed by atoms with Crippen LogP contribution in [0.4, 0.5) is 0 Å².